The van der Waals surface area contributed by atoms with Crippen LogP contribution in [-0.2, 0) is 4.79 Å². The van der Waals surface area contributed by atoms with Crippen LogP contribution in [0.4, 0.5) is 8.78 Å². The van der Waals surface area contributed by atoms with Crippen LogP contribution in [0.3, 0.4) is 0 Å². The predicted octanol–water partition coefficient (Wildman–Crippen LogP) is 2.40. The van der Waals surface area contributed by atoms with Crippen molar-refractivity contribution in [1.82, 2.24) is 10.6 Å². The van der Waals surface area contributed by atoms with Gasteiger partial charge in [0, 0.05) is 18.4 Å². The van der Waals surface area contributed by atoms with Crippen LogP contribution < -0.4 is 15.4 Å². The van der Waals surface area contributed by atoms with Gasteiger partial charge in [-0.3, -0.25) is 10.1 Å². The zero-order valence-corrected chi connectivity index (χ0v) is 12.7. The summed E-state index contributed by atoms with van der Waals surface area (Å²) >= 11 is 0. The number of para-hydroxylation sites is 1. The second-order valence-corrected chi connectivity index (χ2v) is 6.66. The van der Waals surface area contributed by atoms with Crippen LogP contribution in [0.15, 0.2) is 24.3 Å². The fourth-order valence-corrected chi connectivity index (χ4v) is 3.10. The molecule has 0 aromatic heterocycles. The third-order valence-corrected chi connectivity index (χ3v) is 4.12. The van der Waals surface area contributed by atoms with Crippen molar-refractivity contribution < 1.29 is 18.3 Å². The molecule has 1 amide bonds. The second kappa shape index (κ2) is 5.19. The largest absolute Gasteiger partial charge is 0.487 e. The molecule has 3 rings (SSSR count). The molecule has 1 saturated heterocycles. The summed E-state index contributed by atoms with van der Waals surface area (Å²) in [6.45, 7) is 3.45. The van der Waals surface area contributed by atoms with Gasteiger partial charge in [-0.2, -0.15) is 0 Å². The number of alkyl halides is 2. The lowest BCUT2D eigenvalue weighted by molar-refractivity contribution is -0.124. The van der Waals surface area contributed by atoms with Crippen molar-refractivity contribution in [1.29, 1.82) is 0 Å². The number of fused-ring (bicyclic) bond motifs is 1. The summed E-state index contributed by atoms with van der Waals surface area (Å²) in [6.07, 6.45) is 0.145. The monoisotopic (exact) mass is 310 g/mol. The van der Waals surface area contributed by atoms with E-state index < -0.39 is 30.5 Å². The molecule has 22 heavy (non-hydrogen) atoms. The number of halogens is 2. The van der Waals surface area contributed by atoms with Crippen molar-refractivity contribution in [3.05, 3.63) is 29.8 Å². The average Bonchev–Trinajstić information content (AvgIpc) is 2.78. The van der Waals surface area contributed by atoms with Crippen molar-refractivity contribution in [2.45, 2.75) is 50.3 Å². The van der Waals surface area contributed by atoms with Crippen LogP contribution in [0.25, 0.3) is 0 Å². The maximum absolute atomic E-state index is 13.2. The number of ether oxygens (including phenoxy) is 1. The van der Waals surface area contributed by atoms with E-state index in [0.717, 1.165) is 11.3 Å². The van der Waals surface area contributed by atoms with Crippen LogP contribution in [0.5, 0.6) is 5.75 Å². The van der Waals surface area contributed by atoms with Gasteiger partial charge in [-0.1, -0.05) is 18.2 Å². The Morgan fingerprint density at radius 3 is 2.73 bits per heavy atom. The summed E-state index contributed by atoms with van der Waals surface area (Å²) in [6, 6.07) is 6.43. The lowest BCUT2D eigenvalue weighted by Crippen LogP contribution is -2.46. The molecule has 0 bridgehead atoms. The van der Waals surface area contributed by atoms with Gasteiger partial charge in [0.1, 0.15) is 11.4 Å². The molecule has 1 fully saturated rings. The Hall–Kier alpha value is -1.69. The zero-order chi connectivity index (χ0) is 16.0. The topological polar surface area (TPSA) is 50.4 Å². The zero-order valence-electron chi connectivity index (χ0n) is 12.7. The first-order valence-electron chi connectivity index (χ1n) is 7.45. The Labute approximate surface area is 128 Å². The number of carbonyl (C=O) groups excluding carboxylic acids is 1. The molecule has 0 saturated carbocycles. The van der Waals surface area contributed by atoms with Crippen LogP contribution in [0.2, 0.25) is 0 Å². The Morgan fingerprint density at radius 2 is 2.05 bits per heavy atom. The molecule has 2 aliphatic heterocycles. The maximum atomic E-state index is 13.2. The van der Waals surface area contributed by atoms with Gasteiger partial charge >= 0.3 is 0 Å². The first-order valence-corrected chi connectivity index (χ1v) is 7.45. The van der Waals surface area contributed by atoms with Gasteiger partial charge in [0.05, 0.1) is 18.6 Å². The molecule has 1 aromatic rings. The number of rotatable bonds is 2. The van der Waals surface area contributed by atoms with Gasteiger partial charge in [0.25, 0.3) is 5.92 Å². The fourth-order valence-electron chi connectivity index (χ4n) is 3.10. The van der Waals surface area contributed by atoms with E-state index in [4.69, 9.17) is 4.74 Å². The van der Waals surface area contributed by atoms with Crippen molar-refractivity contribution in [3.63, 3.8) is 0 Å². The number of carbonyl (C=O) groups is 1. The summed E-state index contributed by atoms with van der Waals surface area (Å²) in [5.41, 5.74) is 0.472. The normalized spacial score (nSPS) is 28.5. The lowest BCUT2D eigenvalue weighted by atomic mass is 9.89. The van der Waals surface area contributed by atoms with E-state index in [2.05, 4.69) is 10.6 Å². The third-order valence-electron chi connectivity index (χ3n) is 4.12. The first kappa shape index (κ1) is 15.2. The van der Waals surface area contributed by atoms with Crippen molar-refractivity contribution in [2.24, 2.45) is 0 Å². The summed E-state index contributed by atoms with van der Waals surface area (Å²) in [5.74, 6) is -2.46. The molecule has 2 N–H and O–H groups in total. The van der Waals surface area contributed by atoms with Gasteiger partial charge in [0.15, 0.2) is 0 Å². The Morgan fingerprint density at radius 1 is 1.32 bits per heavy atom. The number of hydrogen-bond acceptors (Lipinski definition) is 3. The molecule has 1 aromatic carbocycles. The second-order valence-electron chi connectivity index (χ2n) is 6.66. The minimum absolute atomic E-state index is 0.233. The molecule has 6 heteroatoms. The van der Waals surface area contributed by atoms with E-state index in [9.17, 15) is 13.6 Å². The summed E-state index contributed by atoms with van der Waals surface area (Å²) < 4.78 is 32.4. The predicted molar refractivity (Wildman–Crippen MR) is 78.0 cm³/mol. The molecule has 2 heterocycles. The van der Waals surface area contributed by atoms with Crippen molar-refractivity contribution in [2.75, 3.05) is 6.54 Å². The van der Waals surface area contributed by atoms with E-state index in [1.807, 2.05) is 38.1 Å². The van der Waals surface area contributed by atoms with Gasteiger partial charge in [-0.05, 0) is 19.9 Å². The smallest absolute Gasteiger partial charge is 0.262 e. The molecule has 120 valence electrons. The summed E-state index contributed by atoms with van der Waals surface area (Å²) in [4.78, 5) is 12.3. The van der Waals surface area contributed by atoms with Crippen LogP contribution in [-0.4, -0.2) is 30.0 Å². The standard InChI is InChI=1S/C16H20F2N2O2/c1-15(2)7-11(10-5-3-4-6-13(10)22-15)20-14(21)12-8-16(17,18)9-19-12/h3-6,11-12,19H,7-9H2,1-2H3,(H,20,21). The number of amides is 1. The van der Waals surface area contributed by atoms with Crippen LogP contribution in [0, 0.1) is 0 Å². The minimum Gasteiger partial charge on any atom is -0.487 e. The van der Waals surface area contributed by atoms with E-state index in [1.165, 1.54) is 0 Å². The van der Waals surface area contributed by atoms with Crippen LogP contribution in [0.1, 0.15) is 38.3 Å². The van der Waals surface area contributed by atoms with E-state index in [1.54, 1.807) is 0 Å². The highest BCUT2D eigenvalue weighted by Gasteiger charge is 2.43. The number of hydrogen-bond donors (Lipinski definition) is 2. The molecular formula is C16H20F2N2O2. The van der Waals surface area contributed by atoms with Gasteiger partial charge < -0.3 is 10.1 Å². The fraction of sp³-hybridized carbons (Fsp3) is 0.562. The Bertz CT molecular complexity index is 589. The molecule has 2 aliphatic rings. The van der Waals surface area contributed by atoms with Gasteiger partial charge in [-0.25, -0.2) is 8.78 Å². The Kier molecular flexibility index (Phi) is 3.59. The number of benzene rings is 1. The molecule has 2 unspecified atom stereocenters. The lowest BCUT2D eigenvalue weighted by Gasteiger charge is -2.38. The molecule has 0 spiro atoms. The summed E-state index contributed by atoms with van der Waals surface area (Å²) in [7, 11) is 0. The van der Waals surface area contributed by atoms with E-state index >= 15 is 0 Å². The Balaban J connectivity index is 1.76. The van der Waals surface area contributed by atoms with Gasteiger partial charge in [0.2, 0.25) is 5.91 Å². The highest BCUT2D eigenvalue weighted by molar-refractivity contribution is 5.82. The molecule has 2 atom stereocenters. The van der Waals surface area contributed by atoms with Crippen LogP contribution >= 0.6 is 0 Å². The molecular weight excluding hydrogens is 290 g/mol. The highest BCUT2D eigenvalue weighted by atomic mass is 19.3. The SMILES string of the molecule is CC1(C)CC(NC(=O)C2CC(F)(F)CN2)c2ccccc2O1. The molecule has 4 nitrogen and oxygen atoms in total. The first-order chi connectivity index (χ1) is 10.3. The third kappa shape index (κ3) is 3.06. The van der Waals surface area contributed by atoms with Gasteiger partial charge in [-0.15, -0.1) is 0 Å². The average molecular weight is 310 g/mol. The summed E-state index contributed by atoms with van der Waals surface area (Å²) in [5, 5.41) is 5.48. The molecule has 0 aliphatic carbocycles. The maximum Gasteiger partial charge on any atom is 0.262 e. The van der Waals surface area contributed by atoms with E-state index in [-0.39, 0.29) is 11.9 Å². The molecule has 0 radical (unpaired) electrons. The quantitative estimate of drug-likeness (QED) is 0.882. The van der Waals surface area contributed by atoms with Crippen molar-refractivity contribution >= 4 is 5.91 Å². The van der Waals surface area contributed by atoms with E-state index in [0.29, 0.717) is 6.42 Å². The minimum atomic E-state index is -2.81. The van der Waals surface area contributed by atoms with Crippen molar-refractivity contribution in [3.8, 4) is 5.75 Å². The highest BCUT2D eigenvalue weighted by Crippen LogP contribution is 2.39. The number of nitrogens with one attached hydrogen (secondary N) is 2.